The normalized spacial score (nSPS) is 22.0. The smallest absolute Gasteiger partial charge is 0.255 e. The third kappa shape index (κ3) is 4.28. The van der Waals surface area contributed by atoms with E-state index in [4.69, 9.17) is 9.47 Å². The number of aryl methyl sites for hydroxylation is 1. The number of hydrogen-bond acceptors (Lipinski definition) is 5. The molecule has 0 aliphatic carbocycles. The number of amides is 1. The molecule has 1 aromatic heterocycles. The van der Waals surface area contributed by atoms with Crippen LogP contribution in [0.1, 0.15) is 22.5 Å². The van der Waals surface area contributed by atoms with E-state index in [1.165, 1.54) is 0 Å². The van der Waals surface area contributed by atoms with Gasteiger partial charge in [-0.3, -0.25) is 9.48 Å². The highest BCUT2D eigenvalue weighted by Crippen LogP contribution is 2.14. The van der Waals surface area contributed by atoms with E-state index < -0.39 is 0 Å². The summed E-state index contributed by atoms with van der Waals surface area (Å²) in [4.78, 5) is 14.5. The summed E-state index contributed by atoms with van der Waals surface area (Å²) in [5.74, 6) is -0.123. The van der Waals surface area contributed by atoms with E-state index in [0.717, 1.165) is 18.7 Å². The first-order chi connectivity index (χ1) is 10.5. The maximum absolute atomic E-state index is 12.4. The lowest BCUT2D eigenvalue weighted by atomic mass is 10.1. The van der Waals surface area contributed by atoms with Gasteiger partial charge in [-0.15, -0.1) is 0 Å². The number of carbonyl (C=O) groups is 1. The number of nitrogens with zero attached hydrogens (tertiary/aromatic N) is 3. The molecule has 1 aromatic rings. The lowest BCUT2D eigenvalue weighted by Gasteiger charge is -2.32. The van der Waals surface area contributed by atoms with Crippen molar-refractivity contribution in [2.24, 2.45) is 7.05 Å². The van der Waals surface area contributed by atoms with E-state index in [1.807, 2.05) is 28.1 Å². The molecule has 2 rings (SSSR count). The maximum Gasteiger partial charge on any atom is 0.255 e. The van der Waals surface area contributed by atoms with Crippen molar-refractivity contribution in [1.82, 2.24) is 20.0 Å². The van der Waals surface area contributed by atoms with Gasteiger partial charge in [-0.05, 0) is 27.4 Å². The van der Waals surface area contributed by atoms with Gasteiger partial charge in [-0.2, -0.15) is 5.10 Å². The van der Waals surface area contributed by atoms with Crippen LogP contribution in [0.25, 0.3) is 0 Å². The van der Waals surface area contributed by atoms with Crippen molar-refractivity contribution in [3.8, 4) is 0 Å². The molecule has 1 saturated heterocycles. The molecular weight excluding hydrogens is 284 g/mol. The minimum atomic E-state index is -0.123. The molecule has 1 amide bonds. The van der Waals surface area contributed by atoms with Crippen molar-refractivity contribution in [3.05, 3.63) is 17.5 Å². The van der Waals surface area contributed by atoms with Gasteiger partial charge in [0.15, 0.2) is 0 Å². The van der Waals surface area contributed by atoms with Gasteiger partial charge in [0.25, 0.3) is 5.91 Å². The van der Waals surface area contributed by atoms with Crippen LogP contribution in [0.3, 0.4) is 0 Å². The second-order valence-electron chi connectivity index (χ2n) is 5.92. The molecule has 0 unspecified atom stereocenters. The summed E-state index contributed by atoms with van der Waals surface area (Å²) in [6, 6.07) is -0.122. The van der Waals surface area contributed by atoms with Gasteiger partial charge in [-0.25, -0.2) is 0 Å². The van der Waals surface area contributed by atoms with Crippen LogP contribution in [0.4, 0.5) is 0 Å². The molecule has 0 spiro atoms. The highest BCUT2D eigenvalue weighted by Gasteiger charge is 2.29. The predicted molar refractivity (Wildman–Crippen MR) is 82.9 cm³/mol. The van der Waals surface area contributed by atoms with Crippen LogP contribution in [0.5, 0.6) is 0 Å². The fourth-order valence-corrected chi connectivity index (χ4v) is 2.41. The van der Waals surface area contributed by atoms with E-state index in [0.29, 0.717) is 25.4 Å². The zero-order valence-corrected chi connectivity index (χ0v) is 13.8. The standard InChI is InChI=1S/C15H26N4O3/c1-11-12(9-16-19(11)4)15(20)17-13-10-21-7-5-14(13)22-8-6-18(2)3/h9,13-14H,5-8,10H2,1-4H3,(H,17,20)/t13-,14+/m1/s1. The molecule has 0 saturated carbocycles. The summed E-state index contributed by atoms with van der Waals surface area (Å²) in [7, 11) is 5.85. The summed E-state index contributed by atoms with van der Waals surface area (Å²) >= 11 is 0. The van der Waals surface area contributed by atoms with E-state index in [-0.39, 0.29) is 18.1 Å². The van der Waals surface area contributed by atoms with Crippen molar-refractivity contribution >= 4 is 5.91 Å². The zero-order chi connectivity index (χ0) is 16.1. The maximum atomic E-state index is 12.4. The molecule has 0 radical (unpaired) electrons. The summed E-state index contributed by atoms with van der Waals surface area (Å²) in [5.41, 5.74) is 1.44. The number of rotatable bonds is 6. The molecule has 1 N–H and O–H groups in total. The molecule has 0 bridgehead atoms. The van der Waals surface area contributed by atoms with Crippen LogP contribution in [0.2, 0.25) is 0 Å². The van der Waals surface area contributed by atoms with E-state index >= 15 is 0 Å². The molecule has 7 heteroatoms. The van der Waals surface area contributed by atoms with Crippen molar-refractivity contribution in [3.63, 3.8) is 0 Å². The number of hydrogen-bond donors (Lipinski definition) is 1. The molecule has 22 heavy (non-hydrogen) atoms. The minimum absolute atomic E-state index is 0.00497. The Kier molecular flexibility index (Phi) is 5.93. The fourth-order valence-electron chi connectivity index (χ4n) is 2.41. The van der Waals surface area contributed by atoms with Crippen LogP contribution in [0, 0.1) is 6.92 Å². The number of ether oxygens (including phenoxy) is 2. The van der Waals surface area contributed by atoms with Crippen LogP contribution in [-0.2, 0) is 16.5 Å². The predicted octanol–water partition coefficient (Wildman–Crippen LogP) is 0.194. The second-order valence-corrected chi connectivity index (χ2v) is 5.92. The minimum Gasteiger partial charge on any atom is -0.379 e. The number of carbonyl (C=O) groups excluding carboxylic acids is 1. The Bertz CT molecular complexity index is 501. The van der Waals surface area contributed by atoms with Gasteiger partial charge in [0.1, 0.15) is 0 Å². The van der Waals surface area contributed by atoms with Crippen LogP contribution in [-0.4, -0.2) is 73.2 Å². The summed E-state index contributed by atoms with van der Waals surface area (Å²) in [6.45, 7) is 4.54. The fraction of sp³-hybridized carbons (Fsp3) is 0.733. The third-order valence-corrected chi connectivity index (χ3v) is 3.96. The first-order valence-corrected chi connectivity index (χ1v) is 7.62. The van der Waals surface area contributed by atoms with Crippen LogP contribution in [0.15, 0.2) is 6.20 Å². The highest BCUT2D eigenvalue weighted by molar-refractivity contribution is 5.95. The second kappa shape index (κ2) is 7.71. The van der Waals surface area contributed by atoms with E-state index in [2.05, 4.69) is 15.3 Å². The molecule has 2 atom stereocenters. The SMILES string of the molecule is Cc1c(C(=O)N[C@@H]2COCC[C@@H]2OCCN(C)C)cnn1C. The van der Waals surface area contributed by atoms with Gasteiger partial charge >= 0.3 is 0 Å². The average Bonchev–Trinajstić information content (AvgIpc) is 2.80. The van der Waals surface area contributed by atoms with Gasteiger partial charge < -0.3 is 19.7 Å². The van der Waals surface area contributed by atoms with Crippen molar-refractivity contribution in [1.29, 1.82) is 0 Å². The Hall–Kier alpha value is -1.44. The van der Waals surface area contributed by atoms with E-state index in [9.17, 15) is 4.79 Å². The molecule has 1 fully saturated rings. The molecular formula is C15H26N4O3. The van der Waals surface area contributed by atoms with Crippen LogP contribution < -0.4 is 5.32 Å². The zero-order valence-electron chi connectivity index (χ0n) is 13.8. The number of nitrogens with one attached hydrogen (secondary N) is 1. The highest BCUT2D eigenvalue weighted by atomic mass is 16.5. The topological polar surface area (TPSA) is 68.6 Å². The van der Waals surface area contributed by atoms with Gasteiger partial charge in [0, 0.05) is 25.9 Å². The summed E-state index contributed by atoms with van der Waals surface area (Å²) in [5, 5.41) is 7.13. The van der Waals surface area contributed by atoms with Gasteiger partial charge in [0.2, 0.25) is 0 Å². The molecule has 2 heterocycles. The van der Waals surface area contributed by atoms with Crippen LogP contribution >= 0.6 is 0 Å². The Balaban J connectivity index is 1.93. The van der Waals surface area contributed by atoms with E-state index in [1.54, 1.807) is 10.9 Å². The lowest BCUT2D eigenvalue weighted by Crippen LogP contribution is -2.51. The summed E-state index contributed by atoms with van der Waals surface area (Å²) in [6.07, 6.45) is 2.38. The average molecular weight is 310 g/mol. The van der Waals surface area contributed by atoms with Gasteiger partial charge in [-0.1, -0.05) is 0 Å². The molecule has 124 valence electrons. The first-order valence-electron chi connectivity index (χ1n) is 7.62. The largest absolute Gasteiger partial charge is 0.379 e. The Morgan fingerprint density at radius 2 is 2.36 bits per heavy atom. The first kappa shape index (κ1) is 16.9. The van der Waals surface area contributed by atoms with Gasteiger partial charge in [0.05, 0.1) is 37.1 Å². The molecule has 1 aliphatic heterocycles. The summed E-state index contributed by atoms with van der Waals surface area (Å²) < 4.78 is 13.1. The van der Waals surface area contributed by atoms with Crippen molar-refractivity contribution in [2.75, 3.05) is 40.5 Å². The quantitative estimate of drug-likeness (QED) is 0.812. The third-order valence-electron chi connectivity index (χ3n) is 3.96. The Morgan fingerprint density at radius 3 is 3.00 bits per heavy atom. The molecule has 0 aromatic carbocycles. The molecule has 7 nitrogen and oxygen atoms in total. The van der Waals surface area contributed by atoms with Crippen molar-refractivity contribution in [2.45, 2.75) is 25.5 Å². The van der Waals surface area contributed by atoms with Crippen molar-refractivity contribution < 1.29 is 14.3 Å². The number of aromatic nitrogens is 2. The monoisotopic (exact) mass is 310 g/mol. The Labute approximate surface area is 131 Å². The lowest BCUT2D eigenvalue weighted by molar-refractivity contribution is -0.0562. The molecule has 1 aliphatic rings. The Morgan fingerprint density at radius 1 is 1.59 bits per heavy atom. The number of likely N-dealkylation sites (N-methyl/N-ethyl adjacent to an activating group) is 1.